The minimum absolute atomic E-state index is 0.331. The normalized spacial score (nSPS) is 39.2. The smallest absolute Gasteiger partial charge is 0.0511 e. The third kappa shape index (κ3) is 2.94. The van der Waals surface area contributed by atoms with E-state index >= 15 is 0 Å². The molecule has 4 aliphatic heterocycles. The van der Waals surface area contributed by atoms with Crippen LogP contribution in [0.1, 0.15) is 60.8 Å². The zero-order valence-electron chi connectivity index (χ0n) is 16.8. The summed E-state index contributed by atoms with van der Waals surface area (Å²) in [5.74, 6) is 0. The molecule has 0 spiro atoms. The molecule has 4 aliphatic rings. The van der Waals surface area contributed by atoms with Gasteiger partial charge in [-0.15, -0.1) is 0 Å². The van der Waals surface area contributed by atoms with Crippen LogP contribution in [0.5, 0.6) is 0 Å². The molecule has 0 radical (unpaired) electrons. The molecule has 138 valence electrons. The van der Waals surface area contributed by atoms with E-state index in [2.05, 4.69) is 61.1 Å². The van der Waals surface area contributed by atoms with Gasteiger partial charge in [0, 0.05) is 61.4 Å². The summed E-state index contributed by atoms with van der Waals surface area (Å²) >= 11 is 0. The largest absolute Gasteiger partial charge is 0.293 e. The van der Waals surface area contributed by atoms with Gasteiger partial charge in [-0.2, -0.15) is 0 Å². The maximum atomic E-state index is 2.82. The first-order valence-corrected chi connectivity index (χ1v) is 10.1. The summed E-state index contributed by atoms with van der Waals surface area (Å²) in [5, 5.41) is 0. The van der Waals surface area contributed by atoms with Crippen molar-refractivity contribution in [1.82, 2.24) is 19.6 Å². The highest BCUT2D eigenvalue weighted by molar-refractivity contribution is 5.05. The van der Waals surface area contributed by atoms with Crippen LogP contribution in [0.3, 0.4) is 0 Å². The lowest BCUT2D eigenvalue weighted by molar-refractivity contribution is -0.0299. The first-order valence-electron chi connectivity index (χ1n) is 10.1. The van der Waals surface area contributed by atoms with Gasteiger partial charge in [0.1, 0.15) is 0 Å². The van der Waals surface area contributed by atoms with Gasteiger partial charge in [-0.25, -0.2) is 0 Å². The van der Waals surface area contributed by atoms with E-state index in [1.165, 1.54) is 52.1 Å². The summed E-state index contributed by atoms with van der Waals surface area (Å²) < 4.78 is 0. The minimum Gasteiger partial charge on any atom is -0.293 e. The molecule has 4 heteroatoms. The van der Waals surface area contributed by atoms with E-state index in [1.807, 2.05) is 0 Å². The highest BCUT2D eigenvalue weighted by Crippen LogP contribution is 2.38. The van der Waals surface area contributed by atoms with Gasteiger partial charge in [-0.1, -0.05) is 0 Å². The SMILES string of the molecule is CC(C)(C)N1CC2CC1CN2CN1CC2CCC(C1)N2C(C)(C)C. The Morgan fingerprint density at radius 1 is 0.708 bits per heavy atom. The zero-order chi connectivity index (χ0) is 17.3. The fourth-order valence-corrected chi connectivity index (χ4v) is 6.20. The van der Waals surface area contributed by atoms with Crippen molar-refractivity contribution >= 4 is 0 Å². The molecule has 0 N–H and O–H groups in total. The van der Waals surface area contributed by atoms with Crippen LogP contribution in [0, 0.1) is 0 Å². The van der Waals surface area contributed by atoms with Gasteiger partial charge in [0.2, 0.25) is 0 Å². The monoisotopic (exact) mass is 334 g/mol. The van der Waals surface area contributed by atoms with E-state index in [0.29, 0.717) is 11.1 Å². The average molecular weight is 335 g/mol. The van der Waals surface area contributed by atoms with Crippen LogP contribution in [0.25, 0.3) is 0 Å². The Morgan fingerprint density at radius 3 is 1.79 bits per heavy atom. The van der Waals surface area contributed by atoms with Gasteiger partial charge < -0.3 is 0 Å². The molecule has 24 heavy (non-hydrogen) atoms. The number of hydrogen-bond acceptors (Lipinski definition) is 4. The van der Waals surface area contributed by atoms with Crippen molar-refractivity contribution in [2.75, 3.05) is 32.8 Å². The molecule has 0 amide bonds. The van der Waals surface area contributed by atoms with Crippen LogP contribution in [0.4, 0.5) is 0 Å². The first-order chi connectivity index (χ1) is 11.1. The molecule has 4 rings (SSSR count). The predicted molar refractivity (Wildman–Crippen MR) is 100 cm³/mol. The summed E-state index contributed by atoms with van der Waals surface area (Å²) in [4.78, 5) is 11.1. The van der Waals surface area contributed by atoms with Gasteiger partial charge in [0.15, 0.2) is 0 Å². The van der Waals surface area contributed by atoms with E-state index in [1.54, 1.807) is 0 Å². The molecular weight excluding hydrogens is 296 g/mol. The van der Waals surface area contributed by atoms with Crippen molar-refractivity contribution in [3.63, 3.8) is 0 Å². The average Bonchev–Trinajstić information content (AvgIpc) is 3.09. The lowest BCUT2D eigenvalue weighted by Crippen LogP contribution is -2.62. The molecular formula is C20H38N4. The summed E-state index contributed by atoms with van der Waals surface area (Å²) in [6.45, 7) is 20.7. The molecule has 0 saturated carbocycles. The third-order valence-electron chi connectivity index (χ3n) is 6.93. The van der Waals surface area contributed by atoms with Crippen molar-refractivity contribution in [2.45, 2.75) is 96.1 Å². The summed E-state index contributed by atoms with van der Waals surface area (Å²) in [6, 6.07) is 3.17. The number of hydrogen-bond donors (Lipinski definition) is 0. The van der Waals surface area contributed by atoms with Gasteiger partial charge in [-0.3, -0.25) is 19.6 Å². The first kappa shape index (κ1) is 17.3. The van der Waals surface area contributed by atoms with Crippen LogP contribution in [-0.2, 0) is 0 Å². The van der Waals surface area contributed by atoms with Gasteiger partial charge in [0.25, 0.3) is 0 Å². The Bertz CT molecular complexity index is 463. The van der Waals surface area contributed by atoms with Gasteiger partial charge in [0.05, 0.1) is 6.67 Å². The number of fused-ring (bicyclic) bond motifs is 4. The quantitative estimate of drug-likeness (QED) is 0.769. The highest BCUT2D eigenvalue weighted by Gasteiger charge is 2.49. The van der Waals surface area contributed by atoms with E-state index in [4.69, 9.17) is 0 Å². The number of nitrogens with zero attached hydrogens (tertiary/aromatic N) is 4. The number of piperazine rings is 2. The van der Waals surface area contributed by atoms with Crippen LogP contribution in [0.2, 0.25) is 0 Å². The Kier molecular flexibility index (Phi) is 4.08. The molecule has 0 aliphatic carbocycles. The van der Waals surface area contributed by atoms with E-state index < -0.39 is 0 Å². The fourth-order valence-electron chi connectivity index (χ4n) is 6.20. The Hall–Kier alpha value is -0.160. The molecule has 4 bridgehead atoms. The summed E-state index contributed by atoms with van der Waals surface area (Å²) in [5.41, 5.74) is 0.667. The second-order valence-corrected chi connectivity index (χ2v) is 10.8. The van der Waals surface area contributed by atoms with Crippen molar-refractivity contribution in [3.8, 4) is 0 Å². The second-order valence-electron chi connectivity index (χ2n) is 10.8. The van der Waals surface area contributed by atoms with Crippen molar-refractivity contribution in [1.29, 1.82) is 0 Å². The molecule has 0 aromatic rings. The van der Waals surface area contributed by atoms with E-state index in [-0.39, 0.29) is 0 Å². The molecule has 4 atom stereocenters. The summed E-state index contributed by atoms with van der Waals surface area (Å²) in [7, 11) is 0. The lowest BCUT2D eigenvalue weighted by Gasteiger charge is -2.49. The molecule has 0 aromatic carbocycles. The molecule has 4 unspecified atom stereocenters. The van der Waals surface area contributed by atoms with E-state index in [9.17, 15) is 0 Å². The molecule has 4 saturated heterocycles. The predicted octanol–water partition coefficient (Wildman–Crippen LogP) is 2.45. The lowest BCUT2D eigenvalue weighted by atomic mass is 10.0. The standard InChI is InChI=1S/C20H38N4/c1-19(2,3)23-13-17-9-18(23)12-22(17)14-21-10-15-7-8-16(11-21)24(15)20(4,5)6/h15-18H,7-14H2,1-6H3. The molecule has 4 nitrogen and oxygen atoms in total. The van der Waals surface area contributed by atoms with Crippen LogP contribution >= 0.6 is 0 Å². The van der Waals surface area contributed by atoms with Crippen LogP contribution in [-0.4, -0.2) is 87.7 Å². The number of likely N-dealkylation sites (tertiary alicyclic amines) is 3. The number of rotatable bonds is 2. The van der Waals surface area contributed by atoms with Crippen LogP contribution in [0.15, 0.2) is 0 Å². The topological polar surface area (TPSA) is 13.0 Å². The van der Waals surface area contributed by atoms with Crippen LogP contribution < -0.4 is 0 Å². The maximum absolute atomic E-state index is 2.82. The third-order valence-corrected chi connectivity index (χ3v) is 6.93. The van der Waals surface area contributed by atoms with E-state index in [0.717, 1.165) is 24.2 Å². The molecule has 4 fully saturated rings. The Labute approximate surface area is 149 Å². The second kappa shape index (κ2) is 5.67. The Balaban J connectivity index is 1.35. The van der Waals surface area contributed by atoms with Gasteiger partial charge in [-0.05, 0) is 60.8 Å². The van der Waals surface area contributed by atoms with Crippen molar-refractivity contribution in [2.24, 2.45) is 0 Å². The Morgan fingerprint density at radius 2 is 1.33 bits per heavy atom. The summed E-state index contributed by atoms with van der Waals surface area (Å²) in [6.07, 6.45) is 4.21. The minimum atomic E-state index is 0.331. The van der Waals surface area contributed by atoms with Crippen molar-refractivity contribution in [3.05, 3.63) is 0 Å². The molecule has 0 aromatic heterocycles. The van der Waals surface area contributed by atoms with Gasteiger partial charge >= 0.3 is 0 Å². The zero-order valence-corrected chi connectivity index (χ0v) is 16.8. The highest BCUT2D eigenvalue weighted by atomic mass is 15.4. The van der Waals surface area contributed by atoms with Crippen molar-refractivity contribution < 1.29 is 0 Å². The fraction of sp³-hybridized carbons (Fsp3) is 1.00. The molecule has 4 heterocycles. The maximum Gasteiger partial charge on any atom is 0.0511 e.